The van der Waals surface area contributed by atoms with Gasteiger partial charge in [-0.1, -0.05) is 42.5 Å². The van der Waals surface area contributed by atoms with E-state index >= 15 is 0 Å². The van der Waals surface area contributed by atoms with Crippen molar-refractivity contribution in [2.45, 2.75) is 50.3 Å². The Morgan fingerprint density at radius 2 is 1.75 bits per heavy atom. The SMILES string of the molecule is O=C(/C=C\CN1CCN(CCN/C=C2\C(=O)CC(c3ccccc3)CC2O)CC1)Nc1cccc2c1CN(C1CCC(=O)NC1=O)C2=O. The predicted molar refractivity (Wildman–Crippen MR) is 179 cm³/mol. The molecule has 4 aliphatic rings. The number of hydrogen-bond acceptors (Lipinski definition) is 9. The number of piperazine rings is 1. The van der Waals surface area contributed by atoms with E-state index in [-0.39, 0.29) is 48.8 Å². The van der Waals surface area contributed by atoms with Crippen LogP contribution < -0.4 is 16.0 Å². The molecule has 252 valence electrons. The molecule has 0 bridgehead atoms. The zero-order valence-corrected chi connectivity index (χ0v) is 26.9. The molecule has 48 heavy (non-hydrogen) atoms. The van der Waals surface area contributed by atoms with E-state index in [0.717, 1.165) is 38.3 Å². The van der Waals surface area contributed by atoms with Crippen molar-refractivity contribution >= 4 is 35.1 Å². The largest absolute Gasteiger partial charge is 0.389 e. The van der Waals surface area contributed by atoms with Gasteiger partial charge in [-0.05, 0) is 36.5 Å². The number of amides is 4. The van der Waals surface area contributed by atoms with Crippen LogP contribution >= 0.6 is 0 Å². The Bertz CT molecular complexity index is 1620. The Balaban J connectivity index is 0.902. The molecule has 6 rings (SSSR count). The number of nitrogens with zero attached hydrogens (tertiary/aromatic N) is 3. The van der Waals surface area contributed by atoms with Crippen molar-refractivity contribution in [3.05, 3.63) is 89.1 Å². The highest BCUT2D eigenvalue weighted by Crippen LogP contribution is 2.34. The Hall–Kier alpha value is -4.65. The molecule has 3 atom stereocenters. The summed E-state index contributed by atoms with van der Waals surface area (Å²) in [5.41, 5.74) is 3.19. The van der Waals surface area contributed by atoms with Crippen molar-refractivity contribution < 1.29 is 29.1 Å². The molecule has 1 aliphatic carbocycles. The smallest absolute Gasteiger partial charge is 0.255 e. The summed E-state index contributed by atoms with van der Waals surface area (Å²) in [6.07, 6.45) is 5.67. The van der Waals surface area contributed by atoms with Crippen LogP contribution in [0.2, 0.25) is 0 Å². The van der Waals surface area contributed by atoms with Gasteiger partial charge in [0.1, 0.15) is 6.04 Å². The normalized spacial score (nSPS) is 24.6. The molecule has 3 aliphatic heterocycles. The van der Waals surface area contributed by atoms with E-state index in [1.807, 2.05) is 36.4 Å². The minimum atomic E-state index is -0.768. The highest BCUT2D eigenvalue weighted by Gasteiger charge is 2.40. The molecule has 4 N–H and O–H groups in total. The number of aliphatic hydroxyl groups is 1. The number of rotatable bonds is 10. The lowest BCUT2D eigenvalue weighted by atomic mass is 9.79. The van der Waals surface area contributed by atoms with E-state index in [2.05, 4.69) is 25.8 Å². The number of imide groups is 1. The molecular formula is C36H42N6O6. The first-order chi connectivity index (χ1) is 23.3. The number of hydrogen-bond donors (Lipinski definition) is 4. The maximum Gasteiger partial charge on any atom is 0.255 e. The number of ketones is 1. The summed E-state index contributed by atoms with van der Waals surface area (Å²) < 4.78 is 0. The number of Topliss-reactive ketones (excluding diaryl/α,β-unsaturated/α-hetero) is 1. The molecule has 3 unspecified atom stereocenters. The van der Waals surface area contributed by atoms with Crippen LogP contribution in [0.15, 0.2) is 72.5 Å². The maximum atomic E-state index is 13.0. The average Bonchev–Trinajstić information content (AvgIpc) is 3.41. The maximum absolute atomic E-state index is 13.0. The first kappa shape index (κ1) is 33.3. The summed E-state index contributed by atoms with van der Waals surface area (Å²) in [4.78, 5) is 68.5. The Morgan fingerprint density at radius 1 is 0.979 bits per heavy atom. The zero-order valence-electron chi connectivity index (χ0n) is 26.9. The van der Waals surface area contributed by atoms with Gasteiger partial charge in [0.2, 0.25) is 17.7 Å². The average molecular weight is 655 g/mol. The quantitative estimate of drug-likeness (QED) is 0.170. The third-order valence-corrected chi connectivity index (χ3v) is 9.66. The number of carbonyl (C=O) groups excluding carboxylic acids is 5. The minimum Gasteiger partial charge on any atom is -0.389 e. The van der Waals surface area contributed by atoms with E-state index in [9.17, 15) is 29.1 Å². The Labute approximate surface area is 279 Å². The standard InChI is InChI=1S/C36H42N6O6/c43-31-20-25(24-6-2-1-3-7-24)21-32(44)27(31)22-37-13-15-41-18-16-40(17-19-41)14-5-10-33(45)38-29-9-4-8-26-28(29)23-42(36(26)48)30-11-12-34(46)39-35(30)47/h1-10,22,25,30-31,37,43H,11-21,23H2,(H,38,45)(H,39,46,47)/b10-5-,27-22-. The van der Waals surface area contributed by atoms with Gasteiger partial charge in [0.15, 0.2) is 5.78 Å². The summed E-state index contributed by atoms with van der Waals surface area (Å²) in [5.74, 6) is -1.36. The lowest BCUT2D eigenvalue weighted by Gasteiger charge is -2.34. The van der Waals surface area contributed by atoms with Gasteiger partial charge in [-0.2, -0.15) is 0 Å². The third-order valence-electron chi connectivity index (χ3n) is 9.66. The van der Waals surface area contributed by atoms with Crippen LogP contribution in [-0.2, 0) is 25.7 Å². The third kappa shape index (κ3) is 7.73. The summed E-state index contributed by atoms with van der Waals surface area (Å²) in [6.45, 7) is 5.78. The molecule has 3 heterocycles. The second kappa shape index (κ2) is 15.1. The molecule has 0 aromatic heterocycles. The topological polar surface area (TPSA) is 151 Å². The molecule has 12 nitrogen and oxygen atoms in total. The second-order valence-corrected chi connectivity index (χ2v) is 12.8. The van der Waals surface area contributed by atoms with Crippen LogP contribution in [0, 0.1) is 0 Å². The fourth-order valence-electron chi connectivity index (χ4n) is 6.95. The Kier molecular flexibility index (Phi) is 10.4. The van der Waals surface area contributed by atoms with E-state index < -0.39 is 18.1 Å². The van der Waals surface area contributed by atoms with E-state index in [0.29, 0.717) is 48.3 Å². The minimum absolute atomic E-state index is 0.00958. The lowest BCUT2D eigenvalue weighted by molar-refractivity contribution is -0.137. The summed E-state index contributed by atoms with van der Waals surface area (Å²) in [5, 5.41) is 19.0. The van der Waals surface area contributed by atoms with Gasteiger partial charge in [0.05, 0.1) is 6.10 Å². The molecule has 0 spiro atoms. The molecule has 2 aromatic carbocycles. The number of anilines is 1. The first-order valence-corrected chi connectivity index (χ1v) is 16.6. The highest BCUT2D eigenvalue weighted by atomic mass is 16.3. The van der Waals surface area contributed by atoms with Crippen LogP contribution in [0.1, 0.15) is 53.1 Å². The fourth-order valence-corrected chi connectivity index (χ4v) is 6.95. The van der Waals surface area contributed by atoms with Crippen molar-refractivity contribution in [1.29, 1.82) is 0 Å². The van der Waals surface area contributed by atoms with E-state index in [4.69, 9.17) is 0 Å². The van der Waals surface area contributed by atoms with Gasteiger partial charge in [0.25, 0.3) is 5.91 Å². The molecule has 4 amide bonds. The number of piperidine rings is 1. The summed E-state index contributed by atoms with van der Waals surface area (Å²) in [7, 11) is 0. The molecule has 12 heteroatoms. The van der Waals surface area contributed by atoms with Gasteiger partial charge < -0.3 is 20.6 Å². The number of fused-ring (bicyclic) bond motifs is 1. The van der Waals surface area contributed by atoms with Crippen molar-refractivity contribution in [2.24, 2.45) is 0 Å². The Morgan fingerprint density at radius 3 is 2.50 bits per heavy atom. The zero-order chi connectivity index (χ0) is 33.6. The molecule has 2 aromatic rings. The summed E-state index contributed by atoms with van der Waals surface area (Å²) in [6, 6.07) is 14.3. The van der Waals surface area contributed by atoms with Gasteiger partial charge in [-0.25, -0.2) is 0 Å². The molecular weight excluding hydrogens is 612 g/mol. The fraction of sp³-hybridized carbons (Fsp3) is 0.417. The van der Waals surface area contributed by atoms with Crippen molar-refractivity contribution in [1.82, 2.24) is 25.3 Å². The summed E-state index contributed by atoms with van der Waals surface area (Å²) >= 11 is 0. The van der Waals surface area contributed by atoms with Crippen molar-refractivity contribution in [2.75, 3.05) is 51.1 Å². The monoisotopic (exact) mass is 654 g/mol. The van der Waals surface area contributed by atoms with Crippen molar-refractivity contribution in [3.63, 3.8) is 0 Å². The number of carbonyl (C=O) groups is 5. The van der Waals surface area contributed by atoms with Gasteiger partial charge in [0, 0.05) is 99.9 Å². The molecule has 0 radical (unpaired) electrons. The van der Waals surface area contributed by atoms with Crippen LogP contribution in [0.25, 0.3) is 0 Å². The van der Waals surface area contributed by atoms with Crippen molar-refractivity contribution in [3.8, 4) is 0 Å². The lowest BCUT2D eigenvalue weighted by Crippen LogP contribution is -2.52. The molecule has 3 fully saturated rings. The van der Waals surface area contributed by atoms with Crippen LogP contribution in [0.4, 0.5) is 5.69 Å². The number of aliphatic hydroxyl groups excluding tert-OH is 1. The number of nitrogens with one attached hydrogen (secondary N) is 3. The van der Waals surface area contributed by atoms with Crippen LogP contribution in [0.5, 0.6) is 0 Å². The second-order valence-electron chi connectivity index (χ2n) is 12.8. The molecule has 1 saturated carbocycles. The first-order valence-electron chi connectivity index (χ1n) is 16.6. The van der Waals surface area contributed by atoms with E-state index in [1.54, 1.807) is 24.4 Å². The van der Waals surface area contributed by atoms with Gasteiger partial charge in [-0.3, -0.25) is 39.1 Å². The van der Waals surface area contributed by atoms with Gasteiger partial charge >= 0.3 is 0 Å². The molecule has 2 saturated heterocycles. The van der Waals surface area contributed by atoms with Crippen LogP contribution in [-0.4, -0.2) is 107 Å². The van der Waals surface area contributed by atoms with E-state index in [1.165, 1.54) is 11.0 Å². The number of benzene rings is 2. The van der Waals surface area contributed by atoms with Crippen LogP contribution in [0.3, 0.4) is 0 Å². The highest BCUT2D eigenvalue weighted by molar-refractivity contribution is 6.07. The predicted octanol–water partition coefficient (Wildman–Crippen LogP) is 1.54. The van der Waals surface area contributed by atoms with Gasteiger partial charge in [-0.15, -0.1) is 0 Å².